The second-order valence-corrected chi connectivity index (χ2v) is 5.49. The molecule has 0 saturated heterocycles. The standard InChI is InChI=1S/C21H24O5/c1-4-6-16-7-9-18(20(13-16)23-2)25-11-5-12-26-19-10-8-17(15-22)14-21(19)24-3/h4,6-10,13-15H,5,11-12H2,1-3H3/b6-4+. The number of carbonyl (C=O) groups excluding carboxylic acids is 1. The van der Waals surface area contributed by atoms with Crippen LogP contribution in [-0.4, -0.2) is 33.7 Å². The van der Waals surface area contributed by atoms with E-state index in [4.69, 9.17) is 18.9 Å². The highest BCUT2D eigenvalue weighted by Crippen LogP contribution is 2.29. The molecule has 0 N–H and O–H groups in total. The fourth-order valence-corrected chi connectivity index (χ4v) is 2.40. The third kappa shape index (κ3) is 5.28. The first kappa shape index (κ1) is 19.4. The van der Waals surface area contributed by atoms with Crippen molar-refractivity contribution in [3.8, 4) is 23.0 Å². The number of benzene rings is 2. The smallest absolute Gasteiger partial charge is 0.161 e. The lowest BCUT2D eigenvalue weighted by molar-refractivity contribution is 0.112. The lowest BCUT2D eigenvalue weighted by Gasteiger charge is -2.13. The molecule has 0 spiro atoms. The van der Waals surface area contributed by atoms with Gasteiger partial charge in [0.05, 0.1) is 27.4 Å². The third-order valence-corrected chi connectivity index (χ3v) is 3.67. The molecule has 138 valence electrons. The van der Waals surface area contributed by atoms with Crippen molar-refractivity contribution in [2.75, 3.05) is 27.4 Å². The summed E-state index contributed by atoms with van der Waals surface area (Å²) in [7, 11) is 3.17. The Morgan fingerprint density at radius 1 is 0.808 bits per heavy atom. The number of ether oxygens (including phenoxy) is 4. The molecule has 2 rings (SSSR count). The number of carbonyl (C=O) groups is 1. The van der Waals surface area contributed by atoms with Crippen LogP contribution in [-0.2, 0) is 0 Å². The van der Waals surface area contributed by atoms with Crippen LogP contribution in [0.5, 0.6) is 23.0 Å². The second-order valence-electron chi connectivity index (χ2n) is 5.49. The zero-order valence-corrected chi connectivity index (χ0v) is 15.4. The van der Waals surface area contributed by atoms with Gasteiger partial charge in [-0.2, -0.15) is 0 Å². The maximum Gasteiger partial charge on any atom is 0.161 e. The van der Waals surface area contributed by atoms with Gasteiger partial charge in [-0.1, -0.05) is 18.2 Å². The SMILES string of the molecule is C/C=C/c1ccc(OCCCOc2ccc(C=O)cc2OC)c(OC)c1. The van der Waals surface area contributed by atoms with E-state index >= 15 is 0 Å². The molecule has 0 amide bonds. The van der Waals surface area contributed by atoms with Crippen LogP contribution in [0.4, 0.5) is 0 Å². The van der Waals surface area contributed by atoms with Crippen LogP contribution >= 0.6 is 0 Å². The van der Waals surface area contributed by atoms with Crippen molar-refractivity contribution in [3.63, 3.8) is 0 Å². The molecule has 0 aliphatic heterocycles. The average Bonchev–Trinajstić information content (AvgIpc) is 2.68. The molecule has 0 heterocycles. The summed E-state index contributed by atoms with van der Waals surface area (Å²) in [4.78, 5) is 10.8. The van der Waals surface area contributed by atoms with Gasteiger partial charge in [-0.3, -0.25) is 4.79 Å². The summed E-state index contributed by atoms with van der Waals surface area (Å²) in [6, 6.07) is 10.9. The molecule has 5 heteroatoms. The molecular weight excluding hydrogens is 332 g/mol. The number of methoxy groups -OCH3 is 2. The van der Waals surface area contributed by atoms with Crippen LogP contribution in [0.2, 0.25) is 0 Å². The van der Waals surface area contributed by atoms with Crippen molar-refractivity contribution in [2.24, 2.45) is 0 Å². The molecule has 2 aromatic rings. The van der Waals surface area contributed by atoms with Crippen LogP contribution in [0.25, 0.3) is 6.08 Å². The van der Waals surface area contributed by atoms with Crippen molar-refractivity contribution in [1.29, 1.82) is 0 Å². The van der Waals surface area contributed by atoms with Gasteiger partial charge in [0, 0.05) is 12.0 Å². The first-order valence-electron chi connectivity index (χ1n) is 8.41. The Kier molecular flexibility index (Phi) is 7.55. The Morgan fingerprint density at radius 2 is 1.35 bits per heavy atom. The number of rotatable bonds is 10. The van der Waals surface area contributed by atoms with E-state index in [9.17, 15) is 4.79 Å². The number of allylic oxidation sites excluding steroid dienone is 1. The predicted molar refractivity (Wildman–Crippen MR) is 102 cm³/mol. The molecule has 26 heavy (non-hydrogen) atoms. The van der Waals surface area contributed by atoms with Crippen LogP contribution in [0.3, 0.4) is 0 Å². The predicted octanol–water partition coefficient (Wildman–Crippen LogP) is 4.40. The lowest BCUT2D eigenvalue weighted by atomic mass is 10.2. The summed E-state index contributed by atoms with van der Waals surface area (Å²) in [5.74, 6) is 2.55. The maximum atomic E-state index is 10.8. The summed E-state index contributed by atoms with van der Waals surface area (Å²) in [6.45, 7) is 2.93. The van der Waals surface area contributed by atoms with Crippen molar-refractivity contribution in [1.82, 2.24) is 0 Å². The molecule has 0 aliphatic carbocycles. The minimum absolute atomic E-state index is 0.468. The van der Waals surface area contributed by atoms with Gasteiger partial charge in [0.2, 0.25) is 0 Å². The molecule has 2 aromatic carbocycles. The Labute approximate surface area is 154 Å². The van der Waals surface area contributed by atoms with Crippen molar-refractivity contribution in [2.45, 2.75) is 13.3 Å². The largest absolute Gasteiger partial charge is 0.493 e. The summed E-state index contributed by atoms with van der Waals surface area (Å²) >= 11 is 0. The van der Waals surface area contributed by atoms with Gasteiger partial charge in [-0.05, 0) is 42.8 Å². The lowest BCUT2D eigenvalue weighted by Crippen LogP contribution is -2.06. The van der Waals surface area contributed by atoms with Gasteiger partial charge in [0.15, 0.2) is 23.0 Å². The molecule has 0 saturated carbocycles. The first-order valence-corrected chi connectivity index (χ1v) is 8.41. The Morgan fingerprint density at radius 3 is 1.85 bits per heavy atom. The van der Waals surface area contributed by atoms with E-state index in [1.165, 1.54) is 0 Å². The van der Waals surface area contributed by atoms with Crippen molar-refractivity contribution < 1.29 is 23.7 Å². The van der Waals surface area contributed by atoms with Gasteiger partial charge < -0.3 is 18.9 Å². The van der Waals surface area contributed by atoms with E-state index < -0.39 is 0 Å². The molecule has 0 unspecified atom stereocenters. The molecule has 0 atom stereocenters. The van der Waals surface area contributed by atoms with E-state index in [2.05, 4.69) is 0 Å². The fraction of sp³-hybridized carbons (Fsp3) is 0.286. The molecule has 0 radical (unpaired) electrons. The fourth-order valence-electron chi connectivity index (χ4n) is 2.40. The van der Waals surface area contributed by atoms with Crippen LogP contribution in [0.15, 0.2) is 42.5 Å². The zero-order valence-electron chi connectivity index (χ0n) is 15.4. The Bertz CT molecular complexity index is 752. The molecule has 5 nitrogen and oxygen atoms in total. The molecular formula is C21H24O5. The van der Waals surface area contributed by atoms with E-state index in [1.807, 2.05) is 37.3 Å². The highest BCUT2D eigenvalue weighted by Gasteiger charge is 2.07. The Balaban J connectivity index is 1.85. The summed E-state index contributed by atoms with van der Waals surface area (Å²) < 4.78 is 22.1. The molecule has 0 bridgehead atoms. The van der Waals surface area contributed by atoms with Gasteiger partial charge in [-0.25, -0.2) is 0 Å². The molecule has 0 fully saturated rings. The maximum absolute atomic E-state index is 10.8. The summed E-state index contributed by atoms with van der Waals surface area (Å²) in [5, 5.41) is 0. The first-order chi connectivity index (χ1) is 12.7. The van der Waals surface area contributed by atoms with Crippen molar-refractivity contribution >= 4 is 12.4 Å². The van der Waals surface area contributed by atoms with Gasteiger partial charge in [-0.15, -0.1) is 0 Å². The molecule has 0 aliphatic rings. The summed E-state index contributed by atoms with van der Waals surface area (Å²) in [6.07, 6.45) is 5.44. The minimum Gasteiger partial charge on any atom is -0.493 e. The van der Waals surface area contributed by atoms with E-state index in [0.29, 0.717) is 48.2 Å². The quantitative estimate of drug-likeness (QED) is 0.467. The Hall–Kier alpha value is -2.95. The van der Waals surface area contributed by atoms with E-state index in [-0.39, 0.29) is 0 Å². The van der Waals surface area contributed by atoms with Gasteiger partial charge in [0.25, 0.3) is 0 Å². The third-order valence-electron chi connectivity index (χ3n) is 3.67. The number of hydrogen-bond donors (Lipinski definition) is 0. The summed E-state index contributed by atoms with van der Waals surface area (Å²) in [5.41, 5.74) is 1.61. The minimum atomic E-state index is 0.468. The van der Waals surface area contributed by atoms with Crippen LogP contribution in [0.1, 0.15) is 29.3 Å². The number of hydrogen-bond acceptors (Lipinski definition) is 5. The zero-order chi connectivity index (χ0) is 18.8. The monoisotopic (exact) mass is 356 g/mol. The highest BCUT2D eigenvalue weighted by molar-refractivity contribution is 5.76. The van der Waals surface area contributed by atoms with Crippen LogP contribution < -0.4 is 18.9 Å². The average molecular weight is 356 g/mol. The van der Waals surface area contributed by atoms with Crippen molar-refractivity contribution in [3.05, 3.63) is 53.6 Å². The van der Waals surface area contributed by atoms with Gasteiger partial charge >= 0.3 is 0 Å². The van der Waals surface area contributed by atoms with Crippen LogP contribution in [0, 0.1) is 0 Å². The second kappa shape index (κ2) is 10.1. The van der Waals surface area contributed by atoms with Gasteiger partial charge in [0.1, 0.15) is 6.29 Å². The molecule has 0 aromatic heterocycles. The number of aldehydes is 1. The van der Waals surface area contributed by atoms with E-state index in [1.54, 1.807) is 32.4 Å². The van der Waals surface area contributed by atoms with E-state index in [0.717, 1.165) is 11.8 Å². The normalized spacial score (nSPS) is 10.6. The highest BCUT2D eigenvalue weighted by atomic mass is 16.5. The topological polar surface area (TPSA) is 54.0 Å².